The minimum atomic E-state index is -0.661. The number of fused-ring (bicyclic) bond motifs is 1. The number of aromatic nitrogens is 1. The second-order valence-electron chi connectivity index (χ2n) is 5.79. The van der Waals surface area contributed by atoms with Crippen LogP contribution in [0.25, 0.3) is 22.0 Å². The maximum absolute atomic E-state index is 14.9. The Morgan fingerprint density at radius 2 is 1.87 bits per heavy atom. The van der Waals surface area contributed by atoms with E-state index in [0.717, 1.165) is 16.8 Å². The van der Waals surface area contributed by atoms with E-state index in [0.29, 0.717) is 27.7 Å². The van der Waals surface area contributed by atoms with Gasteiger partial charge in [0.1, 0.15) is 5.82 Å². The van der Waals surface area contributed by atoms with E-state index in [1.54, 1.807) is 12.1 Å². The quantitative estimate of drug-likeness (QED) is 0.632. The Bertz CT molecular complexity index is 957. The van der Waals surface area contributed by atoms with Gasteiger partial charge >= 0.3 is 0 Å². The summed E-state index contributed by atoms with van der Waals surface area (Å²) in [6.45, 7) is 5.63. The van der Waals surface area contributed by atoms with Crippen molar-refractivity contribution in [3.8, 4) is 11.1 Å². The molecule has 118 valence electrons. The van der Waals surface area contributed by atoms with Crippen LogP contribution in [0.1, 0.15) is 27.2 Å². The maximum atomic E-state index is 14.9. The molecule has 0 saturated carbocycles. The number of nitrogens with one attached hydrogen (secondary N) is 1. The molecule has 5 heteroatoms. The van der Waals surface area contributed by atoms with Gasteiger partial charge in [-0.15, -0.1) is 0 Å². The number of amides is 1. The van der Waals surface area contributed by atoms with Crippen molar-refractivity contribution in [3.05, 3.63) is 52.5 Å². The van der Waals surface area contributed by atoms with Crippen LogP contribution < -0.4 is 11.5 Å². The Hall–Kier alpha value is -2.82. The van der Waals surface area contributed by atoms with Crippen LogP contribution in [-0.4, -0.2) is 10.9 Å². The second kappa shape index (κ2) is 5.12. The van der Waals surface area contributed by atoms with Crippen LogP contribution in [0.3, 0.4) is 0 Å². The molecule has 0 atom stereocenters. The van der Waals surface area contributed by atoms with E-state index in [-0.39, 0.29) is 5.56 Å². The van der Waals surface area contributed by atoms with Gasteiger partial charge in [0, 0.05) is 22.3 Å². The van der Waals surface area contributed by atoms with E-state index < -0.39 is 11.7 Å². The Morgan fingerprint density at radius 1 is 1.17 bits per heavy atom. The molecule has 0 unspecified atom stereocenters. The topological polar surface area (TPSA) is 84.9 Å². The average Bonchev–Trinajstić information content (AvgIpc) is 2.78. The van der Waals surface area contributed by atoms with Crippen LogP contribution in [0, 0.1) is 26.6 Å². The number of hydrogen-bond donors (Lipinski definition) is 3. The SMILES string of the molecule is Cc1[nH]c2c(C(N)=O)cc(F)c(-c3cccc(N)c3C)c2c1C. The molecule has 1 heterocycles. The highest BCUT2D eigenvalue weighted by molar-refractivity contribution is 6.11. The number of nitrogen functional groups attached to an aromatic ring is 1. The molecule has 0 saturated heterocycles. The first-order valence-corrected chi connectivity index (χ1v) is 7.29. The Labute approximate surface area is 133 Å². The minimum absolute atomic E-state index is 0.152. The highest BCUT2D eigenvalue weighted by atomic mass is 19.1. The van der Waals surface area contributed by atoms with Crippen LogP contribution in [0.2, 0.25) is 0 Å². The number of rotatable bonds is 2. The van der Waals surface area contributed by atoms with Gasteiger partial charge in [0.05, 0.1) is 11.1 Å². The summed E-state index contributed by atoms with van der Waals surface area (Å²) < 4.78 is 14.9. The number of primary amides is 1. The smallest absolute Gasteiger partial charge is 0.250 e. The van der Waals surface area contributed by atoms with E-state index in [1.807, 2.05) is 26.8 Å². The Balaban J connectivity index is 2.52. The van der Waals surface area contributed by atoms with Crippen molar-refractivity contribution in [1.29, 1.82) is 0 Å². The van der Waals surface area contributed by atoms with Crippen molar-refractivity contribution in [2.24, 2.45) is 5.73 Å². The standard InChI is InChI=1S/C18H18FN3O/c1-8-10(3)22-17-12(18(21)23)7-13(19)16(15(8)17)11-5-4-6-14(20)9(11)2/h4-7,22H,20H2,1-3H3,(H2,21,23). The molecule has 0 bridgehead atoms. The summed E-state index contributed by atoms with van der Waals surface area (Å²) in [7, 11) is 0. The summed E-state index contributed by atoms with van der Waals surface area (Å²) in [6.07, 6.45) is 0. The number of anilines is 1. The molecule has 5 N–H and O–H groups in total. The molecule has 1 aromatic heterocycles. The summed E-state index contributed by atoms with van der Waals surface area (Å²) in [6, 6.07) is 6.59. The Morgan fingerprint density at radius 3 is 2.52 bits per heavy atom. The van der Waals surface area contributed by atoms with Gasteiger partial charge < -0.3 is 16.5 Å². The average molecular weight is 311 g/mol. The van der Waals surface area contributed by atoms with E-state index in [9.17, 15) is 9.18 Å². The normalized spacial score (nSPS) is 11.1. The number of aryl methyl sites for hydroxylation is 2. The molecule has 3 aromatic rings. The third kappa shape index (κ3) is 2.16. The van der Waals surface area contributed by atoms with Gasteiger partial charge in [0.2, 0.25) is 0 Å². The van der Waals surface area contributed by atoms with Crippen molar-refractivity contribution in [2.75, 3.05) is 5.73 Å². The van der Waals surface area contributed by atoms with Crippen molar-refractivity contribution in [2.45, 2.75) is 20.8 Å². The van der Waals surface area contributed by atoms with Gasteiger partial charge in [0.15, 0.2) is 0 Å². The first-order chi connectivity index (χ1) is 10.8. The van der Waals surface area contributed by atoms with Gasteiger partial charge in [-0.2, -0.15) is 0 Å². The number of hydrogen-bond acceptors (Lipinski definition) is 2. The molecule has 0 fully saturated rings. The zero-order valence-corrected chi connectivity index (χ0v) is 13.3. The first-order valence-electron chi connectivity index (χ1n) is 7.29. The molecular formula is C18H18FN3O. The molecule has 0 radical (unpaired) electrons. The zero-order valence-electron chi connectivity index (χ0n) is 13.3. The van der Waals surface area contributed by atoms with Crippen molar-refractivity contribution < 1.29 is 9.18 Å². The lowest BCUT2D eigenvalue weighted by Crippen LogP contribution is -2.12. The van der Waals surface area contributed by atoms with Crippen LogP contribution in [0.15, 0.2) is 24.3 Å². The molecule has 4 nitrogen and oxygen atoms in total. The van der Waals surface area contributed by atoms with Crippen LogP contribution >= 0.6 is 0 Å². The minimum Gasteiger partial charge on any atom is -0.398 e. The van der Waals surface area contributed by atoms with Crippen LogP contribution in [-0.2, 0) is 0 Å². The predicted octanol–water partition coefficient (Wildman–Crippen LogP) is 3.58. The van der Waals surface area contributed by atoms with Gasteiger partial charge in [-0.05, 0) is 49.6 Å². The molecule has 3 rings (SSSR count). The molecule has 0 spiro atoms. The van der Waals surface area contributed by atoms with Gasteiger partial charge in [-0.3, -0.25) is 4.79 Å². The zero-order chi connectivity index (χ0) is 16.9. The molecule has 0 aliphatic rings. The summed E-state index contributed by atoms with van der Waals surface area (Å²) >= 11 is 0. The van der Waals surface area contributed by atoms with Crippen LogP contribution in [0.4, 0.5) is 10.1 Å². The van der Waals surface area contributed by atoms with E-state index in [1.165, 1.54) is 6.07 Å². The summed E-state index contributed by atoms with van der Waals surface area (Å²) in [4.78, 5) is 14.8. The fraction of sp³-hybridized carbons (Fsp3) is 0.167. The summed E-state index contributed by atoms with van der Waals surface area (Å²) in [5.74, 6) is -1.15. The highest BCUT2D eigenvalue weighted by Crippen LogP contribution is 2.39. The van der Waals surface area contributed by atoms with E-state index >= 15 is 0 Å². The monoisotopic (exact) mass is 311 g/mol. The summed E-state index contributed by atoms with van der Waals surface area (Å²) in [5, 5.41) is 0.671. The molecule has 0 aliphatic carbocycles. The van der Waals surface area contributed by atoms with Gasteiger partial charge in [0.25, 0.3) is 5.91 Å². The van der Waals surface area contributed by atoms with E-state index in [4.69, 9.17) is 11.5 Å². The first kappa shape index (κ1) is 15.1. The predicted molar refractivity (Wildman–Crippen MR) is 90.8 cm³/mol. The van der Waals surface area contributed by atoms with Crippen molar-refractivity contribution in [3.63, 3.8) is 0 Å². The highest BCUT2D eigenvalue weighted by Gasteiger charge is 2.22. The molecular weight excluding hydrogens is 293 g/mol. The lowest BCUT2D eigenvalue weighted by Gasteiger charge is -2.13. The van der Waals surface area contributed by atoms with Gasteiger partial charge in [-0.1, -0.05) is 12.1 Å². The third-order valence-corrected chi connectivity index (χ3v) is 4.44. The van der Waals surface area contributed by atoms with Crippen LogP contribution in [0.5, 0.6) is 0 Å². The fourth-order valence-electron chi connectivity index (χ4n) is 3.01. The number of aromatic amines is 1. The Kier molecular flexibility index (Phi) is 3.36. The molecule has 1 amide bonds. The summed E-state index contributed by atoms with van der Waals surface area (Å²) in [5.41, 5.74) is 16.4. The van der Waals surface area contributed by atoms with Crippen molar-refractivity contribution >= 4 is 22.5 Å². The largest absolute Gasteiger partial charge is 0.398 e. The third-order valence-electron chi connectivity index (χ3n) is 4.44. The lowest BCUT2D eigenvalue weighted by atomic mass is 9.92. The number of halogens is 1. The second-order valence-corrected chi connectivity index (χ2v) is 5.79. The van der Waals surface area contributed by atoms with E-state index in [2.05, 4.69) is 4.98 Å². The lowest BCUT2D eigenvalue weighted by molar-refractivity contribution is 0.100. The number of benzene rings is 2. The molecule has 23 heavy (non-hydrogen) atoms. The van der Waals surface area contributed by atoms with Gasteiger partial charge in [-0.25, -0.2) is 4.39 Å². The molecule has 0 aliphatic heterocycles. The fourth-order valence-corrected chi connectivity index (χ4v) is 3.01. The number of H-pyrrole nitrogens is 1. The van der Waals surface area contributed by atoms with Crippen molar-refractivity contribution in [1.82, 2.24) is 4.98 Å². The molecule has 2 aromatic carbocycles. The maximum Gasteiger partial charge on any atom is 0.250 e. The number of carbonyl (C=O) groups is 1. The number of nitrogens with two attached hydrogens (primary N) is 2. The number of carbonyl (C=O) groups excluding carboxylic acids is 1.